The van der Waals surface area contributed by atoms with Crippen LogP contribution in [0.3, 0.4) is 0 Å². The minimum Gasteiger partial charge on any atom is -0.366 e. The second-order valence-electron chi connectivity index (χ2n) is 6.67. The quantitative estimate of drug-likeness (QED) is 0.464. The molecular weight excluding hydrogens is 360 g/mol. The highest BCUT2D eigenvalue weighted by atomic mass is 15.0. The molecule has 0 aliphatic heterocycles. The Balaban J connectivity index is 1.49. The number of hydrogen-bond donors (Lipinski definition) is 2. The molecule has 6 nitrogen and oxygen atoms in total. The number of aromatic amines is 1. The van der Waals surface area contributed by atoms with Gasteiger partial charge in [-0.15, -0.1) is 0 Å². The van der Waals surface area contributed by atoms with Gasteiger partial charge in [0.2, 0.25) is 0 Å². The molecule has 6 heteroatoms. The first kappa shape index (κ1) is 17.1. The fraction of sp³-hybridized carbons (Fsp3) is 0.0435. The molecule has 0 fully saturated rings. The van der Waals surface area contributed by atoms with E-state index in [2.05, 4.69) is 49.5 Å². The minimum atomic E-state index is 0.579. The van der Waals surface area contributed by atoms with Gasteiger partial charge < -0.3 is 10.3 Å². The van der Waals surface area contributed by atoms with Crippen LogP contribution in [0.25, 0.3) is 33.7 Å². The van der Waals surface area contributed by atoms with E-state index >= 15 is 0 Å². The number of benzene rings is 1. The molecule has 0 unspecified atom stereocenters. The summed E-state index contributed by atoms with van der Waals surface area (Å²) in [6, 6.07) is 20.0. The maximum Gasteiger partial charge on any atom is 0.180 e. The first-order chi connectivity index (χ1) is 14.3. The molecule has 0 spiro atoms. The van der Waals surface area contributed by atoms with Crippen LogP contribution in [0.2, 0.25) is 0 Å². The number of H-pyrrole nitrogens is 1. The maximum atomic E-state index is 4.71. The number of hydrogen-bond acceptors (Lipinski definition) is 5. The zero-order valence-corrected chi connectivity index (χ0v) is 15.6. The van der Waals surface area contributed by atoms with Gasteiger partial charge >= 0.3 is 0 Å². The molecule has 2 N–H and O–H groups in total. The van der Waals surface area contributed by atoms with E-state index in [0.29, 0.717) is 12.4 Å². The van der Waals surface area contributed by atoms with E-state index in [4.69, 9.17) is 4.98 Å². The first-order valence-electron chi connectivity index (χ1n) is 9.36. The van der Waals surface area contributed by atoms with Crippen molar-refractivity contribution < 1.29 is 0 Å². The normalized spacial score (nSPS) is 10.9. The van der Waals surface area contributed by atoms with Crippen LogP contribution in [0.15, 0.2) is 85.5 Å². The number of anilines is 1. The lowest BCUT2D eigenvalue weighted by molar-refractivity contribution is 1.08. The van der Waals surface area contributed by atoms with E-state index in [1.54, 1.807) is 18.6 Å². The van der Waals surface area contributed by atoms with Crippen molar-refractivity contribution in [2.24, 2.45) is 0 Å². The summed E-state index contributed by atoms with van der Waals surface area (Å²) in [6.45, 7) is 0.659. The van der Waals surface area contributed by atoms with Gasteiger partial charge in [0, 0.05) is 48.5 Å². The van der Waals surface area contributed by atoms with Gasteiger partial charge in [-0.05, 0) is 53.4 Å². The highest BCUT2D eigenvalue weighted by Gasteiger charge is 2.10. The van der Waals surface area contributed by atoms with Crippen molar-refractivity contribution in [2.75, 3.05) is 5.32 Å². The Morgan fingerprint density at radius 1 is 0.862 bits per heavy atom. The van der Waals surface area contributed by atoms with Crippen LogP contribution in [0.5, 0.6) is 0 Å². The van der Waals surface area contributed by atoms with Gasteiger partial charge in [0.25, 0.3) is 0 Å². The van der Waals surface area contributed by atoms with Gasteiger partial charge in [-0.2, -0.15) is 0 Å². The molecule has 0 aliphatic carbocycles. The van der Waals surface area contributed by atoms with E-state index in [-0.39, 0.29) is 0 Å². The lowest BCUT2D eigenvalue weighted by Gasteiger charge is -2.10. The number of nitrogens with one attached hydrogen (secondary N) is 2. The summed E-state index contributed by atoms with van der Waals surface area (Å²) < 4.78 is 0. The second kappa shape index (κ2) is 7.52. The fourth-order valence-electron chi connectivity index (χ4n) is 3.21. The molecule has 4 aromatic heterocycles. The van der Waals surface area contributed by atoms with Gasteiger partial charge in [0.1, 0.15) is 11.5 Å². The van der Waals surface area contributed by atoms with Gasteiger partial charge in [0.15, 0.2) is 5.82 Å². The summed E-state index contributed by atoms with van der Waals surface area (Å²) >= 11 is 0. The Bertz CT molecular complexity index is 1190. The van der Waals surface area contributed by atoms with Gasteiger partial charge in [0.05, 0.1) is 5.69 Å². The van der Waals surface area contributed by atoms with Crippen molar-refractivity contribution in [3.05, 3.63) is 91.0 Å². The van der Waals surface area contributed by atoms with Crippen molar-refractivity contribution in [2.45, 2.75) is 6.54 Å². The van der Waals surface area contributed by atoms with Crippen LogP contribution in [0.4, 0.5) is 5.82 Å². The monoisotopic (exact) mass is 378 g/mol. The Kier molecular flexibility index (Phi) is 4.42. The molecule has 5 aromatic rings. The molecule has 29 heavy (non-hydrogen) atoms. The highest BCUT2D eigenvalue weighted by molar-refractivity contribution is 5.80. The summed E-state index contributed by atoms with van der Waals surface area (Å²) in [5, 5.41) is 4.62. The highest BCUT2D eigenvalue weighted by Crippen LogP contribution is 2.23. The number of nitrogens with zero attached hydrogens (tertiary/aromatic N) is 4. The Morgan fingerprint density at radius 3 is 2.72 bits per heavy atom. The summed E-state index contributed by atoms with van der Waals surface area (Å²) in [5.74, 6) is 1.32. The molecule has 1 aromatic carbocycles. The summed E-state index contributed by atoms with van der Waals surface area (Å²) in [5.41, 5.74) is 4.78. The zero-order valence-electron chi connectivity index (χ0n) is 15.6. The predicted molar refractivity (Wildman–Crippen MR) is 114 cm³/mol. The molecule has 0 saturated heterocycles. The van der Waals surface area contributed by atoms with Crippen molar-refractivity contribution in [1.82, 2.24) is 24.9 Å². The van der Waals surface area contributed by atoms with Crippen LogP contribution >= 0.6 is 0 Å². The lowest BCUT2D eigenvalue weighted by Crippen LogP contribution is -2.04. The number of rotatable bonds is 5. The van der Waals surface area contributed by atoms with Crippen molar-refractivity contribution in [1.29, 1.82) is 0 Å². The second-order valence-corrected chi connectivity index (χ2v) is 6.67. The van der Waals surface area contributed by atoms with E-state index in [1.807, 2.05) is 42.6 Å². The van der Waals surface area contributed by atoms with E-state index in [0.717, 1.165) is 28.3 Å². The number of pyridine rings is 2. The fourth-order valence-corrected chi connectivity index (χ4v) is 3.21. The zero-order chi connectivity index (χ0) is 19.5. The summed E-state index contributed by atoms with van der Waals surface area (Å²) in [6.07, 6.45) is 7.25. The summed E-state index contributed by atoms with van der Waals surface area (Å²) in [7, 11) is 0. The third-order valence-corrected chi connectivity index (χ3v) is 4.67. The third-order valence-electron chi connectivity index (χ3n) is 4.67. The molecule has 5 rings (SSSR count). The molecule has 0 radical (unpaired) electrons. The standard InChI is InChI=1S/C23H18N6/c1-2-10-25-20(5-1)23-28-21(18-4-3-9-24-15-18)13-22(29-23)27-14-16-6-7-19-17(12-16)8-11-26-19/h1-13,15,26H,14H2,(H,27,28,29). The van der Waals surface area contributed by atoms with E-state index in [1.165, 1.54) is 10.9 Å². The van der Waals surface area contributed by atoms with Crippen LogP contribution < -0.4 is 5.32 Å². The SMILES string of the molecule is c1ccc(-c2nc(NCc3ccc4[nH]ccc4c3)cc(-c3cccnc3)n2)nc1. The Hall–Kier alpha value is -4.06. The van der Waals surface area contributed by atoms with E-state index in [9.17, 15) is 0 Å². The first-order valence-corrected chi connectivity index (χ1v) is 9.36. The van der Waals surface area contributed by atoms with E-state index < -0.39 is 0 Å². The van der Waals surface area contributed by atoms with Gasteiger partial charge in [-0.1, -0.05) is 12.1 Å². The van der Waals surface area contributed by atoms with Crippen LogP contribution in [0.1, 0.15) is 5.56 Å². The smallest absolute Gasteiger partial charge is 0.180 e. The largest absolute Gasteiger partial charge is 0.366 e. The molecule has 4 heterocycles. The van der Waals surface area contributed by atoms with Crippen LogP contribution in [-0.4, -0.2) is 24.9 Å². The van der Waals surface area contributed by atoms with Gasteiger partial charge in [-0.3, -0.25) is 9.97 Å². The van der Waals surface area contributed by atoms with Gasteiger partial charge in [-0.25, -0.2) is 9.97 Å². The predicted octanol–water partition coefficient (Wildman–Crippen LogP) is 4.69. The average Bonchev–Trinajstić information content (AvgIpc) is 3.27. The molecule has 0 saturated carbocycles. The molecule has 0 bridgehead atoms. The Morgan fingerprint density at radius 2 is 1.86 bits per heavy atom. The Labute approximate surface area is 167 Å². The maximum absolute atomic E-state index is 4.71. The minimum absolute atomic E-state index is 0.579. The number of aromatic nitrogens is 5. The van der Waals surface area contributed by atoms with Crippen LogP contribution in [0, 0.1) is 0 Å². The third kappa shape index (κ3) is 3.68. The molecule has 0 amide bonds. The van der Waals surface area contributed by atoms with Crippen LogP contribution in [-0.2, 0) is 6.54 Å². The van der Waals surface area contributed by atoms with Crippen molar-refractivity contribution >= 4 is 16.7 Å². The molecule has 0 aliphatic rings. The topological polar surface area (TPSA) is 79.4 Å². The molecule has 0 atom stereocenters. The lowest BCUT2D eigenvalue weighted by atomic mass is 10.1. The van der Waals surface area contributed by atoms with Crippen molar-refractivity contribution in [3.63, 3.8) is 0 Å². The number of fused-ring (bicyclic) bond motifs is 1. The molecule has 140 valence electrons. The summed E-state index contributed by atoms with van der Waals surface area (Å²) in [4.78, 5) is 21.2. The average molecular weight is 378 g/mol. The van der Waals surface area contributed by atoms with Crippen molar-refractivity contribution in [3.8, 4) is 22.8 Å². The molecular formula is C23H18N6.